The fourth-order valence-electron chi connectivity index (χ4n) is 7.50. The van der Waals surface area contributed by atoms with Gasteiger partial charge in [0.2, 0.25) is 0 Å². The topological polar surface area (TPSA) is 60.4 Å². The molecule has 6 atom stereocenters. The largest absolute Gasteiger partial charge is 0.446 e. The van der Waals surface area contributed by atoms with Crippen molar-refractivity contribution in [2.75, 3.05) is 0 Å². The molecule has 0 radical (unpaired) electrons. The third kappa shape index (κ3) is 2.47. The van der Waals surface area contributed by atoms with E-state index in [-0.39, 0.29) is 28.8 Å². The van der Waals surface area contributed by atoms with Gasteiger partial charge in [0.05, 0.1) is 0 Å². The minimum atomic E-state index is -1.23. The molecule has 29 heavy (non-hydrogen) atoms. The zero-order chi connectivity index (χ0) is 21.4. The number of ether oxygens (including phenoxy) is 1. The smallest absolute Gasteiger partial charge is 0.303 e. The molecule has 0 heterocycles. The van der Waals surface area contributed by atoms with Gasteiger partial charge in [-0.25, -0.2) is 0 Å². The lowest BCUT2D eigenvalue weighted by Crippen LogP contribution is -2.58. The molecular weight excluding hydrogens is 364 g/mol. The molecule has 0 saturated heterocycles. The first-order valence-corrected chi connectivity index (χ1v) is 10.8. The molecule has 4 nitrogen and oxygen atoms in total. The summed E-state index contributed by atoms with van der Waals surface area (Å²) in [5.74, 6) is 0.595. The number of Topliss-reactive ketones (excluding diaryl/α,β-unsaturated/α-hetero) is 1. The van der Waals surface area contributed by atoms with Gasteiger partial charge in [0.25, 0.3) is 0 Å². The fourth-order valence-corrected chi connectivity index (χ4v) is 7.50. The molecule has 0 aliphatic heterocycles. The van der Waals surface area contributed by atoms with E-state index in [0.29, 0.717) is 18.8 Å². The van der Waals surface area contributed by atoms with Gasteiger partial charge in [-0.2, -0.15) is 0 Å². The lowest BCUT2D eigenvalue weighted by atomic mass is 9.47. The molecule has 4 heteroatoms. The Morgan fingerprint density at radius 1 is 1.17 bits per heavy atom. The number of ketones is 2. The van der Waals surface area contributed by atoms with Crippen LogP contribution in [0.3, 0.4) is 0 Å². The van der Waals surface area contributed by atoms with E-state index in [1.165, 1.54) is 25.0 Å². The average Bonchev–Trinajstić information content (AvgIpc) is 2.85. The summed E-state index contributed by atoms with van der Waals surface area (Å²) in [6, 6.07) is 0. The van der Waals surface area contributed by atoms with Gasteiger partial charge in [-0.15, -0.1) is 0 Å². The molecule has 0 amide bonds. The van der Waals surface area contributed by atoms with E-state index in [1.807, 2.05) is 6.08 Å². The maximum Gasteiger partial charge on any atom is 0.303 e. The van der Waals surface area contributed by atoms with E-state index >= 15 is 0 Å². The van der Waals surface area contributed by atoms with Crippen molar-refractivity contribution < 1.29 is 19.1 Å². The highest BCUT2D eigenvalue weighted by atomic mass is 16.6. The molecule has 0 aromatic heterocycles. The van der Waals surface area contributed by atoms with Crippen LogP contribution in [0.4, 0.5) is 0 Å². The first kappa shape index (κ1) is 20.3. The fraction of sp³-hybridized carbons (Fsp3) is 0.640. The van der Waals surface area contributed by atoms with Crippen LogP contribution < -0.4 is 0 Å². The number of allylic oxidation sites excluding steroid dienone is 4. The molecule has 0 spiro atoms. The second-order valence-electron chi connectivity index (χ2n) is 10.2. The van der Waals surface area contributed by atoms with Crippen molar-refractivity contribution in [1.82, 2.24) is 0 Å². The van der Waals surface area contributed by atoms with Crippen LogP contribution in [0.25, 0.3) is 0 Å². The highest BCUT2D eigenvalue weighted by Crippen LogP contribution is 2.68. The summed E-state index contributed by atoms with van der Waals surface area (Å²) in [7, 11) is 0. The van der Waals surface area contributed by atoms with Crippen LogP contribution in [0.15, 0.2) is 35.5 Å². The average molecular weight is 397 g/mol. The molecule has 0 aromatic rings. The highest BCUT2D eigenvalue weighted by molar-refractivity contribution is 5.93. The quantitative estimate of drug-likeness (QED) is 0.500. The normalized spacial score (nSPS) is 43.6. The monoisotopic (exact) mass is 396 g/mol. The predicted molar refractivity (Wildman–Crippen MR) is 111 cm³/mol. The Balaban J connectivity index is 1.84. The molecule has 156 valence electrons. The van der Waals surface area contributed by atoms with Gasteiger partial charge in [-0.1, -0.05) is 32.1 Å². The predicted octanol–water partition coefficient (Wildman–Crippen LogP) is 4.74. The van der Waals surface area contributed by atoms with Gasteiger partial charge in [0, 0.05) is 18.8 Å². The first-order valence-electron chi connectivity index (χ1n) is 10.8. The van der Waals surface area contributed by atoms with Gasteiger partial charge in [0.1, 0.15) is 0 Å². The van der Waals surface area contributed by atoms with E-state index in [0.717, 1.165) is 24.8 Å². The third-order valence-electron chi connectivity index (χ3n) is 8.78. The van der Waals surface area contributed by atoms with Crippen molar-refractivity contribution in [2.24, 2.45) is 28.6 Å². The molecule has 0 bridgehead atoms. The molecule has 2 saturated carbocycles. The molecule has 4 rings (SSSR count). The Kier molecular flexibility index (Phi) is 4.39. The Hall–Kier alpha value is -1.97. The van der Waals surface area contributed by atoms with Crippen LogP contribution in [0.5, 0.6) is 0 Å². The van der Waals surface area contributed by atoms with Crippen molar-refractivity contribution in [3.05, 3.63) is 35.5 Å². The van der Waals surface area contributed by atoms with Crippen LogP contribution in [0, 0.1) is 28.6 Å². The standard InChI is InChI=1S/C25H32O4/c1-14-11-19-20(23(5)9-7-18(28)13-21(14)23)8-10-24(6)22(19)12-15(2)25(24,16(3)26)29-17(4)27/h11,13,19-20,22H,2,7-10,12H2,1,3-6H3/t19-,20+,22+,23-,24-,25+/m0/s1. The molecule has 0 aromatic carbocycles. The van der Waals surface area contributed by atoms with Crippen molar-refractivity contribution in [1.29, 1.82) is 0 Å². The number of carbonyl (C=O) groups is 3. The minimum Gasteiger partial charge on any atom is -0.446 e. The zero-order valence-corrected chi connectivity index (χ0v) is 18.3. The summed E-state index contributed by atoms with van der Waals surface area (Å²) in [5.41, 5.74) is 1.43. The molecule has 4 aliphatic rings. The Morgan fingerprint density at radius 2 is 1.86 bits per heavy atom. The summed E-state index contributed by atoms with van der Waals surface area (Å²) in [4.78, 5) is 37.0. The van der Waals surface area contributed by atoms with E-state index in [2.05, 4.69) is 33.4 Å². The molecular formula is C25H32O4. The second kappa shape index (κ2) is 6.26. The van der Waals surface area contributed by atoms with Crippen LogP contribution in [-0.4, -0.2) is 23.1 Å². The van der Waals surface area contributed by atoms with Gasteiger partial charge in [-0.3, -0.25) is 14.4 Å². The van der Waals surface area contributed by atoms with E-state index in [1.54, 1.807) is 0 Å². The molecule has 2 fully saturated rings. The summed E-state index contributed by atoms with van der Waals surface area (Å²) in [5, 5.41) is 0. The van der Waals surface area contributed by atoms with Gasteiger partial charge in [0.15, 0.2) is 17.2 Å². The minimum absolute atomic E-state index is 0.0109. The summed E-state index contributed by atoms with van der Waals surface area (Å²) >= 11 is 0. The number of fused-ring (bicyclic) bond motifs is 5. The SMILES string of the molecule is C=C1C[C@@H]2[C@H]3C=C(C)C4=CC(=O)CC[C@@]4(C)[C@@H]3CC[C@]2(C)[C@]1(OC(C)=O)C(C)=O. The van der Waals surface area contributed by atoms with Crippen molar-refractivity contribution >= 4 is 17.5 Å². The maximum absolute atomic E-state index is 12.9. The van der Waals surface area contributed by atoms with Crippen LogP contribution >= 0.6 is 0 Å². The van der Waals surface area contributed by atoms with E-state index in [4.69, 9.17) is 4.74 Å². The number of carbonyl (C=O) groups excluding carboxylic acids is 3. The molecule has 0 unspecified atom stereocenters. The van der Waals surface area contributed by atoms with E-state index < -0.39 is 17.0 Å². The number of rotatable bonds is 2. The van der Waals surface area contributed by atoms with Gasteiger partial charge in [-0.05, 0) is 79.9 Å². The maximum atomic E-state index is 12.9. The Labute approximate surface area is 173 Å². The van der Waals surface area contributed by atoms with Gasteiger partial charge >= 0.3 is 5.97 Å². The number of hydrogen-bond donors (Lipinski definition) is 0. The van der Waals surface area contributed by atoms with E-state index in [9.17, 15) is 14.4 Å². The van der Waals surface area contributed by atoms with Crippen LogP contribution in [0.1, 0.15) is 66.7 Å². The van der Waals surface area contributed by atoms with Gasteiger partial charge < -0.3 is 4.74 Å². The Morgan fingerprint density at radius 3 is 2.48 bits per heavy atom. The number of hydrogen-bond acceptors (Lipinski definition) is 4. The second-order valence-corrected chi connectivity index (χ2v) is 10.2. The third-order valence-corrected chi connectivity index (χ3v) is 8.78. The first-order chi connectivity index (χ1) is 13.5. The van der Waals surface area contributed by atoms with Crippen molar-refractivity contribution in [3.63, 3.8) is 0 Å². The summed E-state index contributed by atoms with van der Waals surface area (Å²) in [6.07, 6.45) is 8.15. The molecule has 4 aliphatic carbocycles. The highest BCUT2D eigenvalue weighted by Gasteiger charge is 2.69. The van der Waals surface area contributed by atoms with Crippen molar-refractivity contribution in [3.8, 4) is 0 Å². The number of esters is 1. The van der Waals surface area contributed by atoms with Crippen LogP contribution in [-0.2, 0) is 19.1 Å². The molecule has 0 N–H and O–H groups in total. The van der Waals surface area contributed by atoms with Crippen molar-refractivity contribution in [2.45, 2.75) is 72.3 Å². The van der Waals surface area contributed by atoms with Crippen LogP contribution in [0.2, 0.25) is 0 Å². The zero-order valence-electron chi connectivity index (χ0n) is 18.3. The Bertz CT molecular complexity index is 892. The summed E-state index contributed by atoms with van der Waals surface area (Å²) < 4.78 is 5.83. The summed E-state index contributed by atoms with van der Waals surface area (Å²) in [6.45, 7) is 13.7. The lowest BCUT2D eigenvalue weighted by molar-refractivity contribution is -0.179. The lowest BCUT2D eigenvalue weighted by Gasteiger charge is -2.57.